The van der Waals surface area contributed by atoms with Crippen LogP contribution in [0, 0.1) is 0 Å². The van der Waals surface area contributed by atoms with Crippen LogP contribution >= 0.6 is 0 Å². The molecule has 2 aliphatic heterocycles. The quantitative estimate of drug-likeness (QED) is 0.872. The standard InChI is InChI=1S/C18H22N2O2/c1-21-16-12-20(13-18(16)8-4-10-22-18)11-15-6-2-5-14-7-3-9-19-17(14)15/h2-3,5-7,9,16H,4,8,10-13H2,1H3/t16-,18-/m0/s1. The lowest BCUT2D eigenvalue weighted by atomic mass is 9.96. The number of nitrogens with zero attached hydrogens (tertiary/aromatic N) is 2. The Kier molecular flexibility index (Phi) is 3.60. The van der Waals surface area contributed by atoms with E-state index in [-0.39, 0.29) is 11.7 Å². The van der Waals surface area contributed by atoms with Crippen molar-refractivity contribution in [1.82, 2.24) is 9.88 Å². The predicted octanol–water partition coefficient (Wildman–Crippen LogP) is 2.61. The van der Waals surface area contributed by atoms with Crippen LogP contribution in [0.15, 0.2) is 36.5 Å². The molecule has 3 heterocycles. The van der Waals surface area contributed by atoms with Crippen LogP contribution < -0.4 is 0 Å². The van der Waals surface area contributed by atoms with E-state index in [0.29, 0.717) is 0 Å². The second kappa shape index (κ2) is 5.61. The van der Waals surface area contributed by atoms with E-state index in [1.54, 1.807) is 7.11 Å². The summed E-state index contributed by atoms with van der Waals surface area (Å²) in [5.41, 5.74) is 2.29. The first kappa shape index (κ1) is 14.1. The maximum Gasteiger partial charge on any atom is 0.108 e. The molecule has 4 nitrogen and oxygen atoms in total. The Hall–Kier alpha value is -1.49. The summed E-state index contributed by atoms with van der Waals surface area (Å²) in [5.74, 6) is 0. The van der Waals surface area contributed by atoms with Gasteiger partial charge in [0.15, 0.2) is 0 Å². The third kappa shape index (κ3) is 2.32. The zero-order valence-corrected chi connectivity index (χ0v) is 13.0. The molecule has 1 spiro atoms. The molecule has 2 saturated heterocycles. The van der Waals surface area contributed by atoms with E-state index in [9.17, 15) is 0 Å². The Morgan fingerprint density at radius 2 is 2.27 bits per heavy atom. The fourth-order valence-corrected chi connectivity index (χ4v) is 3.99. The molecule has 0 unspecified atom stereocenters. The highest BCUT2D eigenvalue weighted by Gasteiger charge is 2.49. The zero-order valence-electron chi connectivity index (χ0n) is 13.0. The monoisotopic (exact) mass is 298 g/mol. The van der Waals surface area contributed by atoms with Gasteiger partial charge in [-0.2, -0.15) is 0 Å². The van der Waals surface area contributed by atoms with Gasteiger partial charge in [0.05, 0.1) is 11.6 Å². The average molecular weight is 298 g/mol. The van der Waals surface area contributed by atoms with Crippen molar-refractivity contribution in [3.63, 3.8) is 0 Å². The number of rotatable bonds is 3. The number of aromatic nitrogens is 1. The number of pyridine rings is 1. The van der Waals surface area contributed by atoms with Gasteiger partial charge < -0.3 is 9.47 Å². The molecule has 2 atom stereocenters. The van der Waals surface area contributed by atoms with Crippen molar-refractivity contribution in [2.24, 2.45) is 0 Å². The van der Waals surface area contributed by atoms with Crippen molar-refractivity contribution >= 4 is 10.9 Å². The highest BCUT2D eigenvalue weighted by Crippen LogP contribution is 2.37. The lowest BCUT2D eigenvalue weighted by molar-refractivity contribution is -0.0756. The molecule has 0 saturated carbocycles. The average Bonchev–Trinajstić information content (AvgIpc) is 3.15. The van der Waals surface area contributed by atoms with Gasteiger partial charge in [-0.05, 0) is 24.5 Å². The highest BCUT2D eigenvalue weighted by atomic mass is 16.6. The van der Waals surface area contributed by atoms with Crippen molar-refractivity contribution in [2.45, 2.75) is 31.1 Å². The maximum atomic E-state index is 6.08. The number of para-hydroxylation sites is 1. The summed E-state index contributed by atoms with van der Waals surface area (Å²) < 4.78 is 11.8. The summed E-state index contributed by atoms with van der Waals surface area (Å²) in [6.45, 7) is 3.65. The van der Waals surface area contributed by atoms with Gasteiger partial charge >= 0.3 is 0 Å². The second-order valence-electron chi connectivity index (χ2n) is 6.40. The third-order valence-corrected chi connectivity index (χ3v) is 5.03. The van der Waals surface area contributed by atoms with Crippen LogP contribution in [0.5, 0.6) is 0 Å². The van der Waals surface area contributed by atoms with Gasteiger partial charge in [0.1, 0.15) is 5.60 Å². The number of benzene rings is 1. The maximum absolute atomic E-state index is 6.08. The molecule has 4 rings (SSSR count). The van der Waals surface area contributed by atoms with E-state index in [4.69, 9.17) is 9.47 Å². The summed E-state index contributed by atoms with van der Waals surface area (Å²) in [5, 5.41) is 1.20. The van der Waals surface area contributed by atoms with E-state index < -0.39 is 0 Å². The van der Waals surface area contributed by atoms with E-state index >= 15 is 0 Å². The molecule has 1 aromatic carbocycles. The molecule has 0 N–H and O–H groups in total. The Labute approximate surface area is 131 Å². The van der Waals surface area contributed by atoms with Crippen molar-refractivity contribution in [3.05, 3.63) is 42.1 Å². The minimum Gasteiger partial charge on any atom is -0.377 e. The van der Waals surface area contributed by atoms with E-state index in [2.05, 4.69) is 34.1 Å². The normalized spacial score (nSPS) is 28.9. The van der Waals surface area contributed by atoms with Crippen molar-refractivity contribution in [3.8, 4) is 0 Å². The fraction of sp³-hybridized carbons (Fsp3) is 0.500. The molecule has 2 aromatic rings. The molecule has 0 amide bonds. The van der Waals surface area contributed by atoms with Gasteiger partial charge in [-0.3, -0.25) is 9.88 Å². The van der Waals surface area contributed by atoms with Crippen molar-refractivity contribution in [1.29, 1.82) is 0 Å². The third-order valence-electron chi connectivity index (χ3n) is 5.03. The second-order valence-corrected chi connectivity index (χ2v) is 6.40. The van der Waals surface area contributed by atoms with E-state index in [1.165, 1.54) is 10.9 Å². The number of fused-ring (bicyclic) bond motifs is 1. The van der Waals surface area contributed by atoms with Gasteiger partial charge in [0, 0.05) is 44.9 Å². The van der Waals surface area contributed by atoms with E-state index in [1.807, 2.05) is 12.3 Å². The minimum absolute atomic E-state index is 0.0905. The molecular weight excluding hydrogens is 276 g/mol. The number of methoxy groups -OCH3 is 1. The van der Waals surface area contributed by atoms with Crippen LogP contribution in [0.2, 0.25) is 0 Å². The van der Waals surface area contributed by atoms with Crippen LogP contribution in [0.4, 0.5) is 0 Å². The molecule has 22 heavy (non-hydrogen) atoms. The van der Waals surface area contributed by atoms with Crippen molar-refractivity contribution < 1.29 is 9.47 Å². The molecule has 1 aromatic heterocycles. The van der Waals surface area contributed by atoms with Crippen LogP contribution in [0.3, 0.4) is 0 Å². The number of hydrogen-bond donors (Lipinski definition) is 0. The Morgan fingerprint density at radius 3 is 3.09 bits per heavy atom. The topological polar surface area (TPSA) is 34.6 Å². The van der Waals surface area contributed by atoms with Gasteiger partial charge in [0.2, 0.25) is 0 Å². The van der Waals surface area contributed by atoms with Gasteiger partial charge in [-0.1, -0.05) is 24.3 Å². The number of likely N-dealkylation sites (tertiary alicyclic amines) is 1. The first-order valence-corrected chi connectivity index (χ1v) is 8.02. The largest absolute Gasteiger partial charge is 0.377 e. The highest BCUT2D eigenvalue weighted by molar-refractivity contribution is 5.81. The lowest BCUT2D eigenvalue weighted by Crippen LogP contribution is -2.41. The van der Waals surface area contributed by atoms with E-state index in [0.717, 1.165) is 44.6 Å². The number of ether oxygens (including phenoxy) is 2. The first-order valence-electron chi connectivity index (χ1n) is 8.02. The zero-order chi connectivity index (χ0) is 15.0. The van der Waals surface area contributed by atoms with Crippen molar-refractivity contribution in [2.75, 3.05) is 26.8 Å². The molecule has 0 bridgehead atoms. The summed E-state index contributed by atoms with van der Waals surface area (Å²) in [4.78, 5) is 7.01. The summed E-state index contributed by atoms with van der Waals surface area (Å²) in [7, 11) is 1.80. The molecule has 0 aliphatic carbocycles. The van der Waals surface area contributed by atoms with Gasteiger partial charge in [-0.15, -0.1) is 0 Å². The first-order chi connectivity index (χ1) is 10.8. The molecule has 2 aliphatic rings. The molecule has 0 radical (unpaired) electrons. The Morgan fingerprint density at radius 1 is 1.36 bits per heavy atom. The van der Waals surface area contributed by atoms with Crippen LogP contribution in [-0.2, 0) is 16.0 Å². The predicted molar refractivity (Wildman–Crippen MR) is 85.7 cm³/mol. The summed E-state index contributed by atoms with van der Waals surface area (Å²) in [6.07, 6.45) is 4.30. The summed E-state index contributed by atoms with van der Waals surface area (Å²) in [6, 6.07) is 10.5. The van der Waals surface area contributed by atoms with Crippen LogP contribution in [-0.4, -0.2) is 48.4 Å². The Bertz CT molecular complexity index is 662. The molecule has 116 valence electrons. The number of hydrogen-bond acceptors (Lipinski definition) is 4. The molecular formula is C18H22N2O2. The van der Waals surface area contributed by atoms with Gasteiger partial charge in [0.25, 0.3) is 0 Å². The molecule has 2 fully saturated rings. The van der Waals surface area contributed by atoms with Gasteiger partial charge in [-0.25, -0.2) is 0 Å². The SMILES string of the molecule is CO[C@H]1CN(Cc2cccc3cccnc23)C[C@@]12CCCO2. The Balaban J connectivity index is 1.58. The fourth-order valence-electron chi connectivity index (χ4n) is 3.99. The van der Waals surface area contributed by atoms with Crippen LogP contribution in [0.25, 0.3) is 10.9 Å². The summed E-state index contributed by atoms with van der Waals surface area (Å²) >= 11 is 0. The minimum atomic E-state index is -0.0905. The van der Waals surface area contributed by atoms with Crippen LogP contribution in [0.1, 0.15) is 18.4 Å². The smallest absolute Gasteiger partial charge is 0.108 e. The lowest BCUT2D eigenvalue weighted by Gasteiger charge is -2.28. The molecule has 4 heteroatoms.